The molecule has 0 saturated carbocycles. The van der Waals surface area contributed by atoms with Crippen LogP contribution in [-0.4, -0.2) is 4.57 Å². The van der Waals surface area contributed by atoms with E-state index in [1.807, 2.05) is 0 Å². The molecule has 0 N–H and O–H groups in total. The quantitative estimate of drug-likeness (QED) is 0.0613. The molecule has 2 heteroatoms. The lowest BCUT2D eigenvalue weighted by atomic mass is 10.0. The highest BCUT2D eigenvalue weighted by atomic mass is 15.1. The Balaban J connectivity index is 2.23. The maximum atomic E-state index is 2.63. The van der Waals surface area contributed by atoms with E-state index in [-0.39, 0.29) is 0 Å². The largest absolute Gasteiger partial charge is 0.256 e. The van der Waals surface area contributed by atoms with Gasteiger partial charge in [-0.1, -0.05) is 175 Å². The Morgan fingerprint density at radius 1 is 0.425 bits per heavy atom. The van der Waals surface area contributed by atoms with Crippen molar-refractivity contribution in [3.05, 3.63) is 18.2 Å². The average Bonchev–Trinajstić information content (AvgIpc) is 3.35. The van der Waals surface area contributed by atoms with E-state index in [0.29, 0.717) is 0 Å². The molecule has 1 aromatic heterocycles. The van der Waals surface area contributed by atoms with Crippen LogP contribution in [0.5, 0.6) is 0 Å². The second-order valence-electron chi connectivity index (χ2n) is 13.0. The number of hydrogen-bond donors (Lipinski definition) is 0. The minimum absolute atomic E-state index is 1.22. The van der Waals surface area contributed by atoms with Crippen LogP contribution >= 0.6 is 0 Å². The Labute approximate surface area is 253 Å². The summed E-state index contributed by atoms with van der Waals surface area (Å²) in [5.74, 6) is 1.62. The second kappa shape index (κ2) is 29.7. The lowest BCUT2D eigenvalue weighted by Crippen LogP contribution is -2.37. The summed E-state index contributed by atoms with van der Waals surface area (Å²) in [4.78, 5) is 0. The smallest absolute Gasteiger partial charge is 0.234 e. The SMILES string of the molecule is CCCCCCCCCCCCCCCCn1cc[n+](CCCCCCC)c1CCCCCCCCCCCC. The monoisotopic (exact) mass is 560 g/mol. The van der Waals surface area contributed by atoms with Crippen LogP contribution in [0, 0.1) is 0 Å². The molecule has 0 fully saturated rings. The molecule has 0 atom stereocenters. The molecule has 0 aromatic carbocycles. The maximum Gasteiger partial charge on any atom is 0.256 e. The first kappa shape index (κ1) is 37.2. The van der Waals surface area contributed by atoms with Gasteiger partial charge in [0, 0.05) is 6.42 Å². The normalized spacial score (nSPS) is 11.6. The third-order valence-corrected chi connectivity index (χ3v) is 9.10. The second-order valence-corrected chi connectivity index (χ2v) is 13.0. The van der Waals surface area contributed by atoms with Gasteiger partial charge in [0.15, 0.2) is 0 Å². The third-order valence-electron chi connectivity index (χ3n) is 9.10. The van der Waals surface area contributed by atoms with Crippen molar-refractivity contribution in [3.63, 3.8) is 0 Å². The Hall–Kier alpha value is -0.790. The number of aryl methyl sites for hydroxylation is 2. The summed E-state index contributed by atoms with van der Waals surface area (Å²) in [5, 5.41) is 0. The molecule has 0 aliphatic rings. The minimum atomic E-state index is 1.22. The van der Waals surface area contributed by atoms with Gasteiger partial charge >= 0.3 is 0 Å². The van der Waals surface area contributed by atoms with E-state index >= 15 is 0 Å². The molecule has 0 saturated heterocycles. The minimum Gasteiger partial charge on any atom is -0.234 e. The van der Waals surface area contributed by atoms with Crippen molar-refractivity contribution in [2.75, 3.05) is 0 Å². The Morgan fingerprint density at radius 2 is 0.775 bits per heavy atom. The molecule has 0 unspecified atom stereocenters. The summed E-state index contributed by atoms with van der Waals surface area (Å²) >= 11 is 0. The molecule has 1 rings (SSSR count). The number of hydrogen-bond acceptors (Lipinski definition) is 0. The highest BCUT2D eigenvalue weighted by Crippen LogP contribution is 2.15. The van der Waals surface area contributed by atoms with Crippen molar-refractivity contribution >= 4 is 0 Å². The van der Waals surface area contributed by atoms with Crippen molar-refractivity contribution in [1.29, 1.82) is 0 Å². The summed E-state index contributed by atoms with van der Waals surface area (Å²) in [5.41, 5.74) is 0. The van der Waals surface area contributed by atoms with Gasteiger partial charge in [0.1, 0.15) is 12.4 Å². The van der Waals surface area contributed by atoms with Gasteiger partial charge in [0.05, 0.1) is 13.1 Å². The molecule has 40 heavy (non-hydrogen) atoms. The molecule has 0 aliphatic carbocycles. The maximum absolute atomic E-state index is 2.63. The number of rotatable bonds is 32. The van der Waals surface area contributed by atoms with Crippen molar-refractivity contribution in [2.24, 2.45) is 0 Å². The molecule has 0 aliphatic heterocycles. The van der Waals surface area contributed by atoms with Crippen LogP contribution in [-0.2, 0) is 19.5 Å². The summed E-state index contributed by atoms with van der Waals surface area (Å²) in [7, 11) is 0. The molecule has 0 radical (unpaired) electrons. The van der Waals surface area contributed by atoms with Crippen LogP contribution in [0.4, 0.5) is 0 Å². The van der Waals surface area contributed by atoms with Crippen molar-refractivity contribution in [1.82, 2.24) is 4.57 Å². The molecule has 236 valence electrons. The number of aromatic nitrogens is 2. The van der Waals surface area contributed by atoms with Crippen LogP contribution in [0.15, 0.2) is 12.4 Å². The van der Waals surface area contributed by atoms with Gasteiger partial charge in [-0.05, 0) is 32.1 Å². The fourth-order valence-corrected chi connectivity index (χ4v) is 6.33. The number of imidazole rings is 1. The van der Waals surface area contributed by atoms with E-state index in [2.05, 4.69) is 42.3 Å². The van der Waals surface area contributed by atoms with Crippen LogP contribution in [0.2, 0.25) is 0 Å². The lowest BCUT2D eigenvalue weighted by molar-refractivity contribution is -0.704. The predicted octanol–water partition coefficient (Wildman–Crippen LogP) is 12.7. The van der Waals surface area contributed by atoms with Gasteiger partial charge in [-0.2, -0.15) is 0 Å². The van der Waals surface area contributed by atoms with E-state index < -0.39 is 0 Å². The van der Waals surface area contributed by atoms with E-state index in [4.69, 9.17) is 0 Å². The zero-order valence-electron chi connectivity index (χ0n) is 28.2. The topological polar surface area (TPSA) is 8.81 Å². The molecule has 0 spiro atoms. The van der Waals surface area contributed by atoms with Crippen molar-refractivity contribution < 1.29 is 4.57 Å². The molecule has 1 aromatic rings. The van der Waals surface area contributed by atoms with E-state index in [1.54, 1.807) is 5.82 Å². The van der Waals surface area contributed by atoms with E-state index in [0.717, 1.165) is 0 Å². The zero-order chi connectivity index (χ0) is 28.8. The average molecular weight is 560 g/mol. The Bertz CT molecular complexity index is 619. The predicted molar refractivity (Wildman–Crippen MR) is 179 cm³/mol. The first-order valence-electron chi connectivity index (χ1n) is 18.9. The number of nitrogens with zero attached hydrogens (tertiary/aromatic N) is 2. The van der Waals surface area contributed by atoms with E-state index in [9.17, 15) is 0 Å². The summed E-state index contributed by atoms with van der Waals surface area (Å²) in [6.07, 6.45) is 47.4. The first-order valence-corrected chi connectivity index (χ1v) is 18.9. The first-order chi connectivity index (χ1) is 19.8. The van der Waals surface area contributed by atoms with Gasteiger partial charge in [-0.15, -0.1) is 0 Å². The van der Waals surface area contributed by atoms with Crippen LogP contribution < -0.4 is 4.57 Å². The summed E-state index contributed by atoms with van der Waals surface area (Å²) < 4.78 is 5.24. The highest BCUT2D eigenvalue weighted by molar-refractivity contribution is 4.84. The number of unbranched alkanes of at least 4 members (excludes halogenated alkanes) is 26. The van der Waals surface area contributed by atoms with Gasteiger partial charge in [-0.25, -0.2) is 9.13 Å². The molecule has 1 heterocycles. The fourth-order valence-electron chi connectivity index (χ4n) is 6.33. The Kier molecular flexibility index (Phi) is 27.6. The molecule has 0 amide bonds. The molecule has 0 bridgehead atoms. The Morgan fingerprint density at radius 3 is 1.20 bits per heavy atom. The fraction of sp³-hybridized carbons (Fsp3) is 0.921. The summed E-state index contributed by atoms with van der Waals surface area (Å²) in [6, 6.07) is 0. The van der Waals surface area contributed by atoms with Crippen LogP contribution in [0.25, 0.3) is 0 Å². The molecular weight excluding hydrogens is 484 g/mol. The van der Waals surface area contributed by atoms with Crippen molar-refractivity contribution in [3.8, 4) is 0 Å². The van der Waals surface area contributed by atoms with Gasteiger partial charge in [0.2, 0.25) is 0 Å². The lowest BCUT2D eigenvalue weighted by Gasteiger charge is -2.07. The van der Waals surface area contributed by atoms with Gasteiger partial charge < -0.3 is 0 Å². The van der Waals surface area contributed by atoms with Crippen LogP contribution in [0.3, 0.4) is 0 Å². The standard InChI is InChI=1S/C38H75N2/c1-4-7-10-13-15-17-19-20-21-22-24-26-29-32-35-40-37-36-39(34-31-28-12-9-6-3)38(40)33-30-27-25-23-18-16-14-11-8-5-2/h36-37H,4-35H2,1-3H3/q+1. The molecular formula is C38H75N2+. The van der Waals surface area contributed by atoms with Gasteiger partial charge in [-0.3, -0.25) is 0 Å². The van der Waals surface area contributed by atoms with Crippen molar-refractivity contribution in [2.45, 2.75) is 226 Å². The van der Waals surface area contributed by atoms with Crippen LogP contribution in [0.1, 0.15) is 213 Å². The summed E-state index contributed by atoms with van der Waals surface area (Å²) in [6.45, 7) is 9.39. The van der Waals surface area contributed by atoms with E-state index in [1.165, 1.54) is 206 Å². The molecule has 2 nitrogen and oxygen atoms in total. The third kappa shape index (κ3) is 21.9. The highest BCUT2D eigenvalue weighted by Gasteiger charge is 2.16. The zero-order valence-corrected chi connectivity index (χ0v) is 28.2. The van der Waals surface area contributed by atoms with Gasteiger partial charge in [0.25, 0.3) is 5.82 Å².